The fraction of sp³-hybridized carbons (Fsp3) is 0.625. The van der Waals surface area contributed by atoms with Gasteiger partial charge in [0.05, 0.1) is 0 Å². The summed E-state index contributed by atoms with van der Waals surface area (Å²) in [6.07, 6.45) is 6.50. The second-order valence-electron chi connectivity index (χ2n) is 5.20. The van der Waals surface area contributed by atoms with Gasteiger partial charge in [-0.25, -0.2) is 0 Å². The molecule has 1 N–H and O–H groups in total. The minimum Gasteiger partial charge on any atom is -0.320 e. The van der Waals surface area contributed by atoms with Gasteiger partial charge < -0.3 is 5.32 Å². The standard InChI is InChI=1S/C16H26BrN/c1-12-11-13(2)16(17)14(3)15(12)9-7-5-6-8-10-18-4/h11,18H,5-10H2,1-4H3. The van der Waals surface area contributed by atoms with Crippen LogP contribution in [0.15, 0.2) is 10.5 Å². The monoisotopic (exact) mass is 311 g/mol. The van der Waals surface area contributed by atoms with Crippen molar-refractivity contribution in [2.45, 2.75) is 52.9 Å². The molecule has 1 rings (SSSR count). The van der Waals surface area contributed by atoms with E-state index in [9.17, 15) is 0 Å². The molecule has 2 heteroatoms. The van der Waals surface area contributed by atoms with Crippen molar-refractivity contribution >= 4 is 15.9 Å². The molecule has 1 nitrogen and oxygen atoms in total. The van der Waals surface area contributed by atoms with Crippen LogP contribution < -0.4 is 5.32 Å². The minimum absolute atomic E-state index is 1.15. The van der Waals surface area contributed by atoms with E-state index in [4.69, 9.17) is 0 Å². The zero-order valence-corrected chi connectivity index (χ0v) is 13.8. The average Bonchev–Trinajstić information content (AvgIpc) is 2.34. The predicted octanol–water partition coefficient (Wildman–Crippen LogP) is 4.70. The molecule has 0 aliphatic heterocycles. The fourth-order valence-corrected chi connectivity index (χ4v) is 2.89. The maximum atomic E-state index is 3.70. The molecular weight excluding hydrogens is 286 g/mol. The lowest BCUT2D eigenvalue weighted by Crippen LogP contribution is -2.07. The molecule has 0 radical (unpaired) electrons. The molecule has 0 saturated carbocycles. The van der Waals surface area contributed by atoms with Crippen LogP contribution in [0.3, 0.4) is 0 Å². The molecule has 102 valence electrons. The van der Waals surface area contributed by atoms with Gasteiger partial charge in [-0.2, -0.15) is 0 Å². The summed E-state index contributed by atoms with van der Waals surface area (Å²) in [6.45, 7) is 7.79. The summed E-state index contributed by atoms with van der Waals surface area (Å²) < 4.78 is 1.29. The Kier molecular flexibility index (Phi) is 6.95. The van der Waals surface area contributed by atoms with Gasteiger partial charge in [-0.15, -0.1) is 0 Å². The highest BCUT2D eigenvalue weighted by Gasteiger charge is 2.08. The maximum absolute atomic E-state index is 3.70. The number of hydrogen-bond donors (Lipinski definition) is 1. The highest BCUT2D eigenvalue weighted by molar-refractivity contribution is 9.10. The molecule has 1 aromatic carbocycles. The first-order chi connectivity index (χ1) is 8.57. The van der Waals surface area contributed by atoms with Gasteiger partial charge in [-0.05, 0) is 75.9 Å². The third-order valence-corrected chi connectivity index (χ3v) is 4.86. The smallest absolute Gasteiger partial charge is 0.0236 e. The summed E-state index contributed by atoms with van der Waals surface area (Å²) in [5.41, 5.74) is 5.77. The first-order valence-electron chi connectivity index (χ1n) is 6.97. The van der Waals surface area contributed by atoms with Crippen LogP contribution in [0.2, 0.25) is 0 Å². The summed E-state index contributed by atoms with van der Waals surface area (Å²) in [6, 6.07) is 2.30. The Bertz CT molecular complexity index is 385. The largest absolute Gasteiger partial charge is 0.320 e. The van der Waals surface area contributed by atoms with Crippen molar-refractivity contribution in [3.05, 3.63) is 32.8 Å². The van der Waals surface area contributed by atoms with E-state index in [0.717, 1.165) is 6.54 Å². The summed E-state index contributed by atoms with van der Waals surface area (Å²) in [5, 5.41) is 3.20. The number of rotatable bonds is 7. The van der Waals surface area contributed by atoms with Gasteiger partial charge >= 0.3 is 0 Å². The second-order valence-corrected chi connectivity index (χ2v) is 5.99. The number of halogens is 1. The van der Waals surface area contributed by atoms with Crippen LogP contribution in [0.1, 0.15) is 47.9 Å². The van der Waals surface area contributed by atoms with E-state index in [2.05, 4.69) is 48.1 Å². The minimum atomic E-state index is 1.15. The van der Waals surface area contributed by atoms with Gasteiger partial charge in [0.25, 0.3) is 0 Å². The van der Waals surface area contributed by atoms with Crippen molar-refractivity contribution in [2.24, 2.45) is 0 Å². The van der Waals surface area contributed by atoms with Crippen LogP contribution in [-0.4, -0.2) is 13.6 Å². The van der Waals surface area contributed by atoms with E-state index < -0.39 is 0 Å². The van der Waals surface area contributed by atoms with Crippen molar-refractivity contribution in [3.8, 4) is 0 Å². The number of hydrogen-bond acceptors (Lipinski definition) is 1. The first kappa shape index (κ1) is 15.7. The van der Waals surface area contributed by atoms with E-state index in [1.54, 1.807) is 5.56 Å². The Morgan fingerprint density at radius 2 is 1.67 bits per heavy atom. The van der Waals surface area contributed by atoms with E-state index in [1.807, 2.05) is 7.05 Å². The Morgan fingerprint density at radius 3 is 2.33 bits per heavy atom. The number of unbranched alkanes of at least 4 members (excludes halogenated alkanes) is 3. The normalized spacial score (nSPS) is 10.9. The molecule has 0 aromatic heterocycles. The maximum Gasteiger partial charge on any atom is 0.0236 e. The summed E-state index contributed by atoms with van der Waals surface area (Å²) >= 11 is 3.70. The Balaban J connectivity index is 2.50. The topological polar surface area (TPSA) is 12.0 Å². The van der Waals surface area contributed by atoms with E-state index in [1.165, 1.54) is 53.3 Å². The van der Waals surface area contributed by atoms with Gasteiger partial charge in [0.15, 0.2) is 0 Å². The van der Waals surface area contributed by atoms with Crippen LogP contribution >= 0.6 is 15.9 Å². The SMILES string of the molecule is CNCCCCCCc1c(C)cc(C)c(Br)c1C. The van der Waals surface area contributed by atoms with Gasteiger partial charge in [-0.3, -0.25) is 0 Å². The average molecular weight is 312 g/mol. The third-order valence-electron chi connectivity index (χ3n) is 3.64. The number of benzene rings is 1. The zero-order chi connectivity index (χ0) is 13.5. The summed E-state index contributed by atoms with van der Waals surface area (Å²) in [7, 11) is 2.02. The van der Waals surface area contributed by atoms with Gasteiger partial charge in [0.1, 0.15) is 0 Å². The van der Waals surface area contributed by atoms with Crippen molar-refractivity contribution in [1.29, 1.82) is 0 Å². The number of nitrogens with one attached hydrogen (secondary N) is 1. The van der Waals surface area contributed by atoms with Gasteiger partial charge in [0.2, 0.25) is 0 Å². The summed E-state index contributed by atoms with van der Waals surface area (Å²) in [5.74, 6) is 0. The molecule has 0 saturated heterocycles. The zero-order valence-electron chi connectivity index (χ0n) is 12.2. The predicted molar refractivity (Wildman–Crippen MR) is 84.5 cm³/mol. The fourth-order valence-electron chi connectivity index (χ4n) is 2.54. The molecule has 1 aromatic rings. The van der Waals surface area contributed by atoms with Crippen LogP contribution in [0.4, 0.5) is 0 Å². The molecular formula is C16H26BrN. The van der Waals surface area contributed by atoms with Crippen molar-refractivity contribution in [2.75, 3.05) is 13.6 Å². The molecule has 0 amide bonds. The number of aryl methyl sites for hydroxylation is 2. The van der Waals surface area contributed by atoms with Crippen LogP contribution in [0.5, 0.6) is 0 Å². The lowest BCUT2D eigenvalue weighted by Gasteiger charge is -2.14. The molecule has 0 aliphatic carbocycles. The van der Waals surface area contributed by atoms with Gasteiger partial charge in [0, 0.05) is 4.47 Å². The first-order valence-corrected chi connectivity index (χ1v) is 7.77. The molecule has 18 heavy (non-hydrogen) atoms. The molecule has 0 bridgehead atoms. The van der Waals surface area contributed by atoms with E-state index >= 15 is 0 Å². The van der Waals surface area contributed by atoms with E-state index in [-0.39, 0.29) is 0 Å². The Morgan fingerprint density at radius 1 is 1.00 bits per heavy atom. The van der Waals surface area contributed by atoms with Crippen molar-refractivity contribution in [1.82, 2.24) is 5.32 Å². The lowest BCUT2D eigenvalue weighted by molar-refractivity contribution is 0.615. The van der Waals surface area contributed by atoms with Crippen LogP contribution in [0, 0.1) is 20.8 Å². The van der Waals surface area contributed by atoms with Crippen molar-refractivity contribution < 1.29 is 0 Å². The third kappa shape index (κ3) is 4.40. The van der Waals surface area contributed by atoms with Crippen LogP contribution in [-0.2, 0) is 6.42 Å². The molecule has 0 unspecified atom stereocenters. The quantitative estimate of drug-likeness (QED) is 0.720. The second kappa shape index (κ2) is 7.96. The lowest BCUT2D eigenvalue weighted by atomic mass is 9.95. The van der Waals surface area contributed by atoms with Crippen LogP contribution in [0.25, 0.3) is 0 Å². The summed E-state index contributed by atoms with van der Waals surface area (Å²) in [4.78, 5) is 0. The molecule has 0 fully saturated rings. The highest BCUT2D eigenvalue weighted by atomic mass is 79.9. The molecule has 0 atom stereocenters. The molecule has 0 aliphatic rings. The van der Waals surface area contributed by atoms with E-state index in [0.29, 0.717) is 0 Å². The Labute approximate surface area is 120 Å². The Hall–Kier alpha value is -0.340. The molecule has 0 spiro atoms. The molecule has 0 heterocycles. The van der Waals surface area contributed by atoms with Gasteiger partial charge in [-0.1, -0.05) is 34.8 Å². The van der Waals surface area contributed by atoms with Crippen molar-refractivity contribution in [3.63, 3.8) is 0 Å². The highest BCUT2D eigenvalue weighted by Crippen LogP contribution is 2.28.